The Morgan fingerprint density at radius 3 is 2.68 bits per heavy atom. The minimum absolute atomic E-state index is 0.0593. The summed E-state index contributed by atoms with van der Waals surface area (Å²) in [7, 11) is 1.94. The van der Waals surface area contributed by atoms with E-state index in [4.69, 9.17) is 9.40 Å². The number of nitrogens with zero attached hydrogens (tertiary/aromatic N) is 3. The molecule has 2 heterocycles. The van der Waals surface area contributed by atoms with Crippen molar-refractivity contribution < 1.29 is 9.21 Å². The summed E-state index contributed by atoms with van der Waals surface area (Å²) in [5.74, 6) is 0.915. The molecule has 1 aliphatic carbocycles. The Labute approximate surface area is 169 Å². The highest BCUT2D eigenvalue weighted by Crippen LogP contribution is 2.32. The molecular formula is C22H25N3O2S. The van der Waals surface area contributed by atoms with Crippen molar-refractivity contribution in [2.24, 2.45) is 0 Å². The fraction of sp³-hybridized carbons (Fsp3) is 0.364. The van der Waals surface area contributed by atoms with Gasteiger partial charge in [-0.25, -0.2) is 4.98 Å². The average Bonchev–Trinajstić information content (AvgIpc) is 3.36. The number of amides is 1. The number of furan rings is 1. The van der Waals surface area contributed by atoms with Gasteiger partial charge in [-0.05, 0) is 50.4 Å². The maximum Gasteiger partial charge on any atom is 0.243 e. The lowest BCUT2D eigenvalue weighted by atomic mass is 10.0. The van der Waals surface area contributed by atoms with Crippen LogP contribution in [0.25, 0.3) is 0 Å². The van der Waals surface area contributed by atoms with Crippen LogP contribution in [0.5, 0.6) is 0 Å². The largest absolute Gasteiger partial charge is 0.468 e. The summed E-state index contributed by atoms with van der Waals surface area (Å²) in [5, 5.41) is 0.826. The summed E-state index contributed by atoms with van der Waals surface area (Å²) in [4.78, 5) is 23.2. The van der Waals surface area contributed by atoms with Crippen molar-refractivity contribution in [1.82, 2.24) is 9.88 Å². The van der Waals surface area contributed by atoms with Crippen molar-refractivity contribution in [3.05, 3.63) is 70.6 Å². The van der Waals surface area contributed by atoms with E-state index in [0.717, 1.165) is 29.3 Å². The monoisotopic (exact) mass is 395 g/mol. The van der Waals surface area contributed by atoms with Crippen LogP contribution in [0.1, 0.15) is 34.7 Å². The number of carbonyl (C=O) groups is 1. The molecule has 2 aromatic heterocycles. The van der Waals surface area contributed by atoms with Gasteiger partial charge in [0.2, 0.25) is 5.91 Å². The van der Waals surface area contributed by atoms with Gasteiger partial charge in [-0.1, -0.05) is 30.3 Å². The third-order valence-corrected chi connectivity index (χ3v) is 6.14. The van der Waals surface area contributed by atoms with Gasteiger partial charge >= 0.3 is 0 Å². The topological polar surface area (TPSA) is 49.6 Å². The molecule has 1 aliphatic rings. The van der Waals surface area contributed by atoms with Crippen molar-refractivity contribution in [2.75, 3.05) is 18.5 Å². The molecule has 28 heavy (non-hydrogen) atoms. The van der Waals surface area contributed by atoms with E-state index in [0.29, 0.717) is 19.6 Å². The highest BCUT2D eigenvalue weighted by molar-refractivity contribution is 7.15. The lowest BCUT2D eigenvalue weighted by molar-refractivity contribution is -0.119. The first-order chi connectivity index (χ1) is 13.7. The molecule has 1 aromatic carbocycles. The quantitative estimate of drug-likeness (QED) is 0.599. The maximum atomic E-state index is 13.2. The standard InChI is InChI=1S/C22H25N3O2S/c1-24(15-18-10-7-13-27-18)16-21(26)25(14-17-8-3-2-4-9-17)22-23-19-11-5-6-12-20(19)28-22/h2-4,7-10,13H,5-6,11-12,14-16H2,1H3. The Kier molecular flexibility index (Phi) is 5.88. The van der Waals surface area contributed by atoms with E-state index in [9.17, 15) is 4.79 Å². The molecule has 0 saturated heterocycles. The van der Waals surface area contributed by atoms with E-state index in [1.54, 1.807) is 17.6 Å². The van der Waals surface area contributed by atoms with Gasteiger partial charge in [0.25, 0.3) is 0 Å². The van der Waals surface area contributed by atoms with E-state index < -0.39 is 0 Å². The van der Waals surface area contributed by atoms with Crippen LogP contribution in [0.3, 0.4) is 0 Å². The number of likely N-dealkylation sites (N-methyl/N-ethyl adjacent to an activating group) is 1. The zero-order valence-corrected chi connectivity index (χ0v) is 17.0. The zero-order chi connectivity index (χ0) is 19.3. The van der Waals surface area contributed by atoms with Crippen molar-refractivity contribution in [3.63, 3.8) is 0 Å². The van der Waals surface area contributed by atoms with Crippen LogP contribution in [-0.2, 0) is 30.7 Å². The third-order valence-electron chi connectivity index (χ3n) is 4.96. The number of hydrogen-bond donors (Lipinski definition) is 0. The molecule has 0 saturated carbocycles. The predicted molar refractivity (Wildman–Crippen MR) is 111 cm³/mol. The Hall–Kier alpha value is -2.44. The first-order valence-corrected chi connectivity index (χ1v) is 10.5. The second kappa shape index (κ2) is 8.71. The summed E-state index contributed by atoms with van der Waals surface area (Å²) in [6, 6.07) is 13.9. The molecule has 4 rings (SSSR count). The molecule has 0 fully saturated rings. The highest BCUT2D eigenvalue weighted by atomic mass is 32.1. The molecule has 146 valence electrons. The third kappa shape index (κ3) is 4.51. The summed E-state index contributed by atoms with van der Waals surface area (Å²) in [5.41, 5.74) is 2.29. The summed E-state index contributed by atoms with van der Waals surface area (Å²) < 4.78 is 5.40. The summed E-state index contributed by atoms with van der Waals surface area (Å²) in [6.45, 7) is 1.46. The van der Waals surface area contributed by atoms with Gasteiger partial charge in [0.15, 0.2) is 5.13 Å². The first-order valence-electron chi connectivity index (χ1n) is 9.73. The Bertz CT molecular complexity index is 882. The molecular weight excluding hydrogens is 370 g/mol. The first kappa shape index (κ1) is 18.9. The minimum atomic E-state index is 0.0593. The van der Waals surface area contributed by atoms with Gasteiger partial charge < -0.3 is 4.42 Å². The number of aromatic nitrogens is 1. The maximum absolute atomic E-state index is 13.2. The zero-order valence-electron chi connectivity index (χ0n) is 16.1. The Morgan fingerprint density at radius 1 is 1.11 bits per heavy atom. The Balaban J connectivity index is 1.53. The molecule has 5 nitrogen and oxygen atoms in total. The number of hydrogen-bond acceptors (Lipinski definition) is 5. The van der Waals surface area contributed by atoms with E-state index in [-0.39, 0.29) is 5.91 Å². The highest BCUT2D eigenvalue weighted by Gasteiger charge is 2.24. The van der Waals surface area contributed by atoms with Gasteiger partial charge in [-0.15, -0.1) is 11.3 Å². The second-order valence-corrected chi connectivity index (χ2v) is 8.35. The molecule has 0 radical (unpaired) electrons. The normalized spacial score (nSPS) is 13.5. The smallest absolute Gasteiger partial charge is 0.243 e. The van der Waals surface area contributed by atoms with Crippen molar-refractivity contribution in [1.29, 1.82) is 0 Å². The number of thiazole rings is 1. The van der Waals surface area contributed by atoms with Gasteiger partial charge in [0, 0.05) is 4.88 Å². The number of benzene rings is 1. The van der Waals surface area contributed by atoms with E-state index in [1.165, 1.54) is 23.4 Å². The van der Waals surface area contributed by atoms with Gasteiger partial charge in [0.05, 0.1) is 31.6 Å². The van der Waals surface area contributed by atoms with Crippen LogP contribution in [0.15, 0.2) is 53.1 Å². The minimum Gasteiger partial charge on any atom is -0.468 e. The number of rotatable bonds is 7. The summed E-state index contributed by atoms with van der Waals surface area (Å²) in [6.07, 6.45) is 6.17. The van der Waals surface area contributed by atoms with Crippen LogP contribution in [0.4, 0.5) is 5.13 Å². The fourth-order valence-corrected chi connectivity index (χ4v) is 4.69. The fourth-order valence-electron chi connectivity index (χ4n) is 3.52. The predicted octanol–water partition coefficient (Wildman–Crippen LogP) is 4.28. The number of aryl methyl sites for hydroxylation is 2. The molecule has 0 bridgehead atoms. The molecule has 0 aliphatic heterocycles. The number of fused-ring (bicyclic) bond motifs is 1. The van der Waals surface area contributed by atoms with Crippen molar-refractivity contribution in [3.8, 4) is 0 Å². The van der Waals surface area contributed by atoms with Gasteiger partial charge in [0.1, 0.15) is 5.76 Å². The van der Waals surface area contributed by atoms with E-state index in [2.05, 4.69) is 12.1 Å². The second-order valence-electron chi connectivity index (χ2n) is 7.29. The van der Waals surface area contributed by atoms with Crippen molar-refractivity contribution >= 4 is 22.4 Å². The molecule has 6 heteroatoms. The molecule has 0 unspecified atom stereocenters. The molecule has 0 N–H and O–H groups in total. The molecule has 0 atom stereocenters. The van der Waals surface area contributed by atoms with Crippen LogP contribution in [0.2, 0.25) is 0 Å². The van der Waals surface area contributed by atoms with Crippen molar-refractivity contribution in [2.45, 2.75) is 38.8 Å². The summed E-state index contributed by atoms with van der Waals surface area (Å²) >= 11 is 1.68. The Morgan fingerprint density at radius 2 is 1.93 bits per heavy atom. The van der Waals surface area contributed by atoms with Gasteiger partial charge in [-0.3, -0.25) is 14.6 Å². The molecule has 1 amide bonds. The van der Waals surface area contributed by atoms with Crippen LogP contribution >= 0.6 is 11.3 Å². The SMILES string of the molecule is CN(CC(=O)N(Cc1ccccc1)c1nc2c(s1)CCCC2)Cc1ccco1. The molecule has 0 spiro atoms. The number of anilines is 1. The van der Waals surface area contributed by atoms with Crippen LogP contribution in [0, 0.1) is 0 Å². The lowest BCUT2D eigenvalue weighted by Crippen LogP contribution is -2.38. The molecule has 3 aromatic rings. The number of carbonyl (C=O) groups excluding carboxylic acids is 1. The van der Waals surface area contributed by atoms with E-state index in [1.807, 2.05) is 47.2 Å². The van der Waals surface area contributed by atoms with Crippen LogP contribution < -0.4 is 4.90 Å². The van der Waals surface area contributed by atoms with Gasteiger partial charge in [-0.2, -0.15) is 0 Å². The van der Waals surface area contributed by atoms with Crippen LogP contribution in [-0.4, -0.2) is 29.4 Å². The average molecular weight is 396 g/mol. The lowest BCUT2D eigenvalue weighted by Gasteiger charge is -2.23. The van der Waals surface area contributed by atoms with E-state index >= 15 is 0 Å².